The minimum atomic E-state index is -3.51. The maximum Gasteiger partial charge on any atom is 0.246 e. The Morgan fingerprint density at radius 1 is 1.42 bits per heavy atom. The summed E-state index contributed by atoms with van der Waals surface area (Å²) in [6.45, 7) is 0.502. The first-order valence-electron chi connectivity index (χ1n) is 5.96. The van der Waals surface area contributed by atoms with Crippen LogP contribution in [0.15, 0.2) is 35.9 Å². The Balaban J connectivity index is 1.97. The highest BCUT2D eigenvalue weighted by molar-refractivity contribution is 7.89. The van der Waals surface area contributed by atoms with Gasteiger partial charge in [0.05, 0.1) is 17.9 Å². The predicted molar refractivity (Wildman–Crippen MR) is 66.5 cm³/mol. The van der Waals surface area contributed by atoms with Crippen molar-refractivity contribution in [3.05, 3.63) is 36.7 Å². The lowest BCUT2D eigenvalue weighted by molar-refractivity contribution is 0.390. The van der Waals surface area contributed by atoms with Crippen molar-refractivity contribution in [1.82, 2.24) is 24.5 Å². The highest BCUT2D eigenvalue weighted by Gasteiger charge is 2.37. The molecule has 0 aromatic carbocycles. The third-order valence-electron chi connectivity index (χ3n) is 3.23. The number of aromatic nitrogens is 4. The number of nitrogens with zero attached hydrogens (tertiary/aromatic N) is 4. The Morgan fingerprint density at radius 3 is 3.00 bits per heavy atom. The van der Waals surface area contributed by atoms with Crippen LogP contribution in [0.2, 0.25) is 0 Å². The summed E-state index contributed by atoms with van der Waals surface area (Å²) in [7, 11) is -3.51. The van der Waals surface area contributed by atoms with E-state index < -0.39 is 10.0 Å². The van der Waals surface area contributed by atoms with Crippen molar-refractivity contribution in [2.45, 2.75) is 23.8 Å². The van der Waals surface area contributed by atoms with E-state index in [1.807, 2.05) is 0 Å². The van der Waals surface area contributed by atoms with Crippen molar-refractivity contribution in [3.63, 3.8) is 0 Å². The number of nitrogens with one attached hydrogen (secondary N) is 1. The van der Waals surface area contributed by atoms with Gasteiger partial charge in [-0.3, -0.25) is 5.10 Å². The molecule has 0 amide bonds. The topological polar surface area (TPSA) is 91.8 Å². The van der Waals surface area contributed by atoms with Crippen molar-refractivity contribution in [1.29, 1.82) is 0 Å². The molecule has 1 saturated heterocycles. The van der Waals surface area contributed by atoms with Crippen LogP contribution < -0.4 is 0 Å². The summed E-state index contributed by atoms with van der Waals surface area (Å²) in [5.74, 6) is 0. The van der Waals surface area contributed by atoms with Crippen molar-refractivity contribution in [2.75, 3.05) is 6.54 Å². The van der Waals surface area contributed by atoms with Crippen molar-refractivity contribution >= 4 is 10.0 Å². The van der Waals surface area contributed by atoms with Crippen LogP contribution >= 0.6 is 0 Å². The van der Waals surface area contributed by atoms with Crippen LogP contribution in [0.1, 0.15) is 24.6 Å². The summed E-state index contributed by atoms with van der Waals surface area (Å²) in [6.07, 6.45) is 7.38. The molecule has 0 saturated carbocycles. The molecule has 2 aromatic heterocycles. The molecule has 19 heavy (non-hydrogen) atoms. The van der Waals surface area contributed by atoms with Gasteiger partial charge in [0.1, 0.15) is 11.2 Å². The van der Waals surface area contributed by atoms with Gasteiger partial charge in [-0.15, -0.1) is 0 Å². The smallest absolute Gasteiger partial charge is 0.246 e. The number of rotatable bonds is 3. The lowest BCUT2D eigenvalue weighted by atomic mass is 10.1. The van der Waals surface area contributed by atoms with Gasteiger partial charge in [0.25, 0.3) is 0 Å². The van der Waals surface area contributed by atoms with Gasteiger partial charge in [-0.2, -0.15) is 9.40 Å². The van der Waals surface area contributed by atoms with Crippen LogP contribution in [0.25, 0.3) is 0 Å². The zero-order valence-electron chi connectivity index (χ0n) is 10.1. The van der Waals surface area contributed by atoms with Crippen molar-refractivity contribution in [2.24, 2.45) is 0 Å². The molecule has 3 rings (SSSR count). The predicted octanol–water partition coefficient (Wildman–Crippen LogP) is 0.726. The van der Waals surface area contributed by atoms with Crippen LogP contribution in [0.5, 0.6) is 0 Å². The summed E-state index contributed by atoms with van der Waals surface area (Å²) in [5.41, 5.74) is 0.736. The second-order valence-corrected chi connectivity index (χ2v) is 6.23. The fraction of sp³-hybridized carbons (Fsp3) is 0.364. The minimum Gasteiger partial charge on any atom is -0.284 e. The second-order valence-electron chi connectivity index (χ2n) is 4.34. The number of sulfonamides is 1. The number of hydrogen-bond donors (Lipinski definition) is 1. The Bertz CT molecular complexity index is 641. The van der Waals surface area contributed by atoms with Crippen LogP contribution in [-0.4, -0.2) is 39.4 Å². The minimum absolute atomic E-state index is 0.188. The lowest BCUT2D eigenvalue weighted by Gasteiger charge is -2.22. The maximum atomic E-state index is 12.5. The molecule has 8 heteroatoms. The summed E-state index contributed by atoms with van der Waals surface area (Å²) < 4.78 is 26.5. The molecule has 2 aromatic rings. The molecule has 0 spiro atoms. The van der Waals surface area contributed by atoms with Gasteiger partial charge in [-0.25, -0.2) is 18.4 Å². The zero-order chi connectivity index (χ0) is 13.3. The molecule has 1 aliphatic rings. The van der Waals surface area contributed by atoms with Crippen LogP contribution in [0.4, 0.5) is 0 Å². The molecule has 100 valence electrons. The first-order chi connectivity index (χ1) is 9.19. The van der Waals surface area contributed by atoms with E-state index in [2.05, 4.69) is 20.2 Å². The third kappa shape index (κ3) is 2.13. The molecular formula is C11H13N5O2S. The first kappa shape index (κ1) is 12.2. The fourth-order valence-electron chi connectivity index (χ4n) is 2.34. The monoisotopic (exact) mass is 279 g/mol. The normalized spacial score (nSPS) is 20.7. The number of H-pyrrole nitrogens is 1. The molecule has 0 bridgehead atoms. The summed E-state index contributed by atoms with van der Waals surface area (Å²) >= 11 is 0. The van der Waals surface area contributed by atoms with Crippen molar-refractivity contribution < 1.29 is 8.42 Å². The van der Waals surface area contributed by atoms with E-state index >= 15 is 0 Å². The van der Waals surface area contributed by atoms with E-state index in [0.29, 0.717) is 6.54 Å². The van der Waals surface area contributed by atoms with Gasteiger partial charge in [0, 0.05) is 18.9 Å². The van der Waals surface area contributed by atoms with Gasteiger partial charge >= 0.3 is 0 Å². The molecule has 1 atom stereocenters. The third-order valence-corrected chi connectivity index (χ3v) is 5.10. The van der Waals surface area contributed by atoms with Gasteiger partial charge in [-0.1, -0.05) is 0 Å². The molecule has 0 aliphatic carbocycles. The van der Waals surface area contributed by atoms with Gasteiger partial charge in [0.15, 0.2) is 0 Å². The standard InChI is InChI=1S/C11H13N5O2S/c17-19(18,9-6-14-15-7-9)16-5-1-2-11(16)10-3-4-12-8-13-10/h3-4,6-8,11H,1-2,5H2,(H,14,15). The Labute approximate surface area is 110 Å². The molecule has 3 heterocycles. The van der Waals surface area contributed by atoms with Crippen LogP contribution in [-0.2, 0) is 10.0 Å². The van der Waals surface area contributed by atoms with Crippen molar-refractivity contribution in [3.8, 4) is 0 Å². The van der Waals surface area contributed by atoms with Gasteiger partial charge in [-0.05, 0) is 18.9 Å². The first-order valence-corrected chi connectivity index (χ1v) is 7.40. The summed E-state index contributed by atoms with van der Waals surface area (Å²) in [5, 5.41) is 6.23. The van der Waals surface area contributed by atoms with E-state index in [9.17, 15) is 8.42 Å². The zero-order valence-corrected chi connectivity index (χ0v) is 10.9. The Morgan fingerprint density at radius 2 is 2.32 bits per heavy atom. The molecule has 7 nitrogen and oxygen atoms in total. The van der Waals surface area contributed by atoms with E-state index in [-0.39, 0.29) is 10.9 Å². The maximum absolute atomic E-state index is 12.5. The second kappa shape index (κ2) is 4.71. The average Bonchev–Trinajstić information content (AvgIpc) is 3.11. The van der Waals surface area contributed by atoms with E-state index in [0.717, 1.165) is 18.5 Å². The molecule has 1 N–H and O–H groups in total. The number of hydrogen-bond acceptors (Lipinski definition) is 5. The van der Waals surface area contributed by atoms with E-state index in [1.54, 1.807) is 12.3 Å². The van der Waals surface area contributed by atoms with Gasteiger partial charge in [0.2, 0.25) is 10.0 Å². The highest BCUT2D eigenvalue weighted by Crippen LogP contribution is 2.35. The SMILES string of the molecule is O=S(=O)(c1cn[nH]c1)N1CCCC1c1ccncn1. The van der Waals surface area contributed by atoms with E-state index in [1.165, 1.54) is 23.0 Å². The fourth-order valence-corrected chi connectivity index (χ4v) is 3.91. The molecule has 1 unspecified atom stereocenters. The summed E-state index contributed by atoms with van der Waals surface area (Å²) in [4.78, 5) is 8.21. The quantitative estimate of drug-likeness (QED) is 0.894. The molecule has 1 fully saturated rings. The molecular weight excluding hydrogens is 266 g/mol. The van der Waals surface area contributed by atoms with Gasteiger partial charge < -0.3 is 0 Å². The number of aromatic amines is 1. The molecule has 1 aliphatic heterocycles. The Kier molecular flexibility index (Phi) is 3.03. The summed E-state index contributed by atoms with van der Waals surface area (Å²) in [6, 6.07) is 1.54. The van der Waals surface area contributed by atoms with E-state index in [4.69, 9.17) is 0 Å². The lowest BCUT2D eigenvalue weighted by Crippen LogP contribution is -2.30. The highest BCUT2D eigenvalue weighted by atomic mass is 32.2. The largest absolute Gasteiger partial charge is 0.284 e. The average molecular weight is 279 g/mol. The Hall–Kier alpha value is -1.80. The van der Waals surface area contributed by atoms with Crippen LogP contribution in [0.3, 0.4) is 0 Å². The molecule has 0 radical (unpaired) electrons. The van der Waals surface area contributed by atoms with Crippen LogP contribution in [0, 0.1) is 0 Å².